The number of aliphatic imine (C=N–C) groups is 2. The molecule has 5 rings (SSSR count). The fourth-order valence-electron chi connectivity index (χ4n) is 4.50. The minimum atomic E-state index is 0.889. The van der Waals surface area contributed by atoms with Gasteiger partial charge in [0.25, 0.3) is 0 Å². The minimum absolute atomic E-state index is 0.889. The van der Waals surface area contributed by atoms with Gasteiger partial charge in [0, 0.05) is 12.8 Å². The molecule has 28 heavy (non-hydrogen) atoms. The van der Waals surface area contributed by atoms with E-state index < -0.39 is 0 Å². The van der Waals surface area contributed by atoms with Crippen LogP contribution in [0.5, 0.6) is 0 Å². The normalized spacial score (nSPS) is 14.6. The second-order valence-corrected chi connectivity index (χ2v) is 8.33. The second-order valence-electron chi connectivity index (χ2n) is 8.33. The van der Waals surface area contributed by atoms with Gasteiger partial charge in [0.1, 0.15) is 0 Å². The molecule has 2 aliphatic rings. The summed E-state index contributed by atoms with van der Waals surface area (Å²) < 4.78 is 0. The first-order valence-electron chi connectivity index (χ1n) is 9.93. The van der Waals surface area contributed by atoms with E-state index in [1.54, 1.807) is 0 Å². The van der Waals surface area contributed by atoms with Crippen LogP contribution in [0.1, 0.15) is 44.5 Å². The van der Waals surface area contributed by atoms with E-state index >= 15 is 0 Å². The van der Waals surface area contributed by atoms with Crippen LogP contribution in [0.3, 0.4) is 0 Å². The van der Waals surface area contributed by atoms with Crippen molar-refractivity contribution in [3.63, 3.8) is 0 Å². The van der Waals surface area contributed by atoms with E-state index in [0.29, 0.717) is 0 Å². The van der Waals surface area contributed by atoms with Gasteiger partial charge in [-0.25, -0.2) is 0 Å². The number of rotatable bonds is 2. The third kappa shape index (κ3) is 2.99. The molecule has 0 atom stereocenters. The summed E-state index contributed by atoms with van der Waals surface area (Å²) in [5, 5.41) is 0. The van der Waals surface area contributed by atoms with Gasteiger partial charge in [-0.3, -0.25) is 9.98 Å². The van der Waals surface area contributed by atoms with Crippen LogP contribution in [0.2, 0.25) is 0 Å². The lowest BCUT2D eigenvalue weighted by Crippen LogP contribution is -2.01. The zero-order valence-electron chi connectivity index (χ0n) is 16.9. The van der Waals surface area contributed by atoms with Crippen LogP contribution < -0.4 is 0 Å². The Hall–Kier alpha value is -3.00. The zero-order chi connectivity index (χ0) is 19.4. The molecule has 2 nitrogen and oxygen atoms in total. The lowest BCUT2D eigenvalue weighted by Gasteiger charge is -2.04. The van der Waals surface area contributed by atoms with Crippen LogP contribution in [0.25, 0.3) is 0 Å². The summed E-state index contributed by atoms with van der Waals surface area (Å²) in [7, 11) is 0. The molecule has 2 heteroatoms. The van der Waals surface area contributed by atoms with E-state index in [1.165, 1.54) is 55.9 Å². The van der Waals surface area contributed by atoms with Crippen LogP contribution in [-0.4, -0.2) is 11.4 Å². The summed E-state index contributed by atoms with van der Waals surface area (Å²) in [5.74, 6) is 0. The van der Waals surface area contributed by atoms with Crippen LogP contribution in [0.15, 0.2) is 58.5 Å². The summed E-state index contributed by atoms with van der Waals surface area (Å²) >= 11 is 0. The van der Waals surface area contributed by atoms with Gasteiger partial charge in [-0.15, -0.1) is 0 Å². The molecule has 2 aliphatic heterocycles. The predicted molar refractivity (Wildman–Crippen MR) is 118 cm³/mol. The van der Waals surface area contributed by atoms with E-state index in [1.807, 2.05) is 0 Å². The van der Waals surface area contributed by atoms with Crippen molar-refractivity contribution in [1.29, 1.82) is 0 Å². The highest BCUT2D eigenvalue weighted by molar-refractivity contribution is 6.09. The molecule has 0 fully saturated rings. The first kappa shape index (κ1) is 17.1. The van der Waals surface area contributed by atoms with E-state index in [0.717, 1.165) is 24.2 Å². The molecule has 0 saturated carbocycles. The first-order valence-corrected chi connectivity index (χ1v) is 9.93. The summed E-state index contributed by atoms with van der Waals surface area (Å²) in [4.78, 5) is 9.95. The Morgan fingerprint density at radius 1 is 0.500 bits per heavy atom. The van der Waals surface area contributed by atoms with Gasteiger partial charge >= 0.3 is 0 Å². The Bertz CT molecular complexity index is 1060. The molecule has 0 aliphatic carbocycles. The SMILES string of the molecule is Cc1cc(C)cc(C2=Nc3cc4c(cc3C2)N=C(c2cc(C)cc(C)c2)C4)c1. The van der Waals surface area contributed by atoms with Gasteiger partial charge in [0.05, 0.1) is 22.8 Å². The van der Waals surface area contributed by atoms with Crippen molar-refractivity contribution in [1.82, 2.24) is 0 Å². The first-order chi connectivity index (χ1) is 13.4. The van der Waals surface area contributed by atoms with Crippen molar-refractivity contribution in [3.05, 3.63) is 93.0 Å². The number of fused-ring (bicyclic) bond motifs is 2. The highest BCUT2D eigenvalue weighted by atomic mass is 14.8. The molecule has 0 saturated heterocycles. The van der Waals surface area contributed by atoms with Crippen LogP contribution in [0.4, 0.5) is 11.4 Å². The monoisotopic (exact) mass is 364 g/mol. The standard InChI is InChI=1S/C26H24N2/c1-15-5-16(2)8-19(7-15)23-11-21-13-26-22(14-25(21)27-23)12-24(28-26)20-9-17(3)6-18(4)10-20/h5-10,13-14H,11-12H2,1-4H3. The summed E-state index contributed by atoms with van der Waals surface area (Å²) in [5.41, 5.74) is 14.8. The molecule has 3 aromatic carbocycles. The van der Waals surface area contributed by atoms with Gasteiger partial charge in [-0.05, 0) is 62.1 Å². The molecule has 0 aromatic heterocycles. The molecule has 0 unspecified atom stereocenters. The molecule has 138 valence electrons. The average Bonchev–Trinajstić information content (AvgIpc) is 3.20. The second kappa shape index (κ2) is 6.27. The Balaban J connectivity index is 1.47. The largest absolute Gasteiger partial charge is 0.252 e. The molecule has 2 heterocycles. The molecule has 3 aromatic rings. The zero-order valence-corrected chi connectivity index (χ0v) is 16.9. The highest BCUT2D eigenvalue weighted by Gasteiger charge is 2.23. The van der Waals surface area contributed by atoms with Gasteiger partial charge < -0.3 is 0 Å². The number of nitrogens with zero attached hydrogens (tertiary/aromatic N) is 2. The Kier molecular flexibility index (Phi) is 3.83. The topological polar surface area (TPSA) is 24.7 Å². The van der Waals surface area contributed by atoms with Gasteiger partial charge in [-0.1, -0.05) is 58.7 Å². The maximum Gasteiger partial charge on any atom is 0.0673 e. The lowest BCUT2D eigenvalue weighted by molar-refractivity contribution is 1.32. The molecule has 0 radical (unpaired) electrons. The summed E-state index contributed by atoms with van der Waals surface area (Å²) in [6.07, 6.45) is 1.78. The van der Waals surface area contributed by atoms with E-state index in [4.69, 9.17) is 9.98 Å². The summed E-state index contributed by atoms with van der Waals surface area (Å²) in [6, 6.07) is 17.9. The fraction of sp³-hybridized carbons (Fsp3) is 0.231. The minimum Gasteiger partial charge on any atom is -0.252 e. The van der Waals surface area contributed by atoms with Crippen molar-refractivity contribution in [3.8, 4) is 0 Å². The van der Waals surface area contributed by atoms with Crippen molar-refractivity contribution < 1.29 is 0 Å². The van der Waals surface area contributed by atoms with Gasteiger partial charge in [-0.2, -0.15) is 0 Å². The van der Waals surface area contributed by atoms with Crippen LogP contribution >= 0.6 is 0 Å². The van der Waals surface area contributed by atoms with Gasteiger partial charge in [0.2, 0.25) is 0 Å². The van der Waals surface area contributed by atoms with Crippen LogP contribution in [-0.2, 0) is 12.8 Å². The third-order valence-electron chi connectivity index (χ3n) is 5.62. The van der Waals surface area contributed by atoms with Crippen molar-refractivity contribution in [2.75, 3.05) is 0 Å². The number of benzene rings is 3. The molecule has 0 amide bonds. The molecular weight excluding hydrogens is 340 g/mol. The molecule has 0 spiro atoms. The van der Waals surface area contributed by atoms with Crippen molar-refractivity contribution >= 4 is 22.8 Å². The van der Waals surface area contributed by atoms with E-state index in [9.17, 15) is 0 Å². The van der Waals surface area contributed by atoms with E-state index in [2.05, 4.69) is 76.2 Å². The smallest absolute Gasteiger partial charge is 0.0673 e. The number of hydrogen-bond acceptors (Lipinski definition) is 2. The van der Waals surface area contributed by atoms with Crippen molar-refractivity contribution in [2.24, 2.45) is 9.98 Å². The Labute approximate surface area is 166 Å². The third-order valence-corrected chi connectivity index (χ3v) is 5.62. The maximum atomic E-state index is 4.97. The average molecular weight is 364 g/mol. The Morgan fingerprint density at radius 3 is 1.21 bits per heavy atom. The highest BCUT2D eigenvalue weighted by Crippen LogP contribution is 2.38. The maximum absolute atomic E-state index is 4.97. The number of hydrogen-bond donors (Lipinski definition) is 0. The molecular formula is C26H24N2. The van der Waals surface area contributed by atoms with Crippen LogP contribution in [0, 0.1) is 27.7 Å². The predicted octanol–water partition coefficient (Wildman–Crippen LogP) is 6.27. The summed E-state index contributed by atoms with van der Waals surface area (Å²) in [6.45, 7) is 8.60. The fourth-order valence-corrected chi connectivity index (χ4v) is 4.50. The van der Waals surface area contributed by atoms with Crippen molar-refractivity contribution in [2.45, 2.75) is 40.5 Å². The molecule has 0 bridgehead atoms. The Morgan fingerprint density at radius 2 is 0.857 bits per heavy atom. The van der Waals surface area contributed by atoms with Gasteiger partial charge in [0.15, 0.2) is 0 Å². The van der Waals surface area contributed by atoms with E-state index in [-0.39, 0.29) is 0 Å². The number of aryl methyl sites for hydroxylation is 4. The molecule has 0 N–H and O–H groups in total. The quantitative estimate of drug-likeness (QED) is 0.512. The lowest BCUT2D eigenvalue weighted by atomic mass is 9.98.